The zero-order chi connectivity index (χ0) is 15.0. The summed E-state index contributed by atoms with van der Waals surface area (Å²) in [5, 5.41) is 5.10. The molecule has 1 aliphatic carbocycles. The molecule has 0 bridgehead atoms. The molecule has 3 heteroatoms. The van der Waals surface area contributed by atoms with E-state index in [1.54, 1.807) is 6.07 Å². The van der Waals surface area contributed by atoms with Crippen LogP contribution in [0.25, 0.3) is 0 Å². The van der Waals surface area contributed by atoms with E-state index in [1.807, 2.05) is 12.1 Å². The zero-order valence-corrected chi connectivity index (χ0v) is 14.4. The molecule has 0 saturated heterocycles. The van der Waals surface area contributed by atoms with Crippen molar-refractivity contribution < 1.29 is 0 Å². The minimum absolute atomic E-state index is 0.408. The van der Waals surface area contributed by atoms with Gasteiger partial charge in [-0.2, -0.15) is 0 Å². The molecule has 1 aliphatic rings. The van der Waals surface area contributed by atoms with Crippen molar-refractivity contribution in [2.24, 2.45) is 10.8 Å². The van der Waals surface area contributed by atoms with Crippen LogP contribution in [0.2, 0.25) is 10.0 Å². The maximum absolute atomic E-state index is 6.05. The highest BCUT2D eigenvalue weighted by atomic mass is 35.5. The summed E-state index contributed by atoms with van der Waals surface area (Å²) in [6, 6.07) is 6.31. The van der Waals surface area contributed by atoms with Crippen LogP contribution in [-0.2, 0) is 6.54 Å². The van der Waals surface area contributed by atoms with Gasteiger partial charge in [0, 0.05) is 22.6 Å². The minimum atomic E-state index is 0.408. The summed E-state index contributed by atoms with van der Waals surface area (Å²) >= 11 is 12.1. The molecule has 0 aromatic heterocycles. The van der Waals surface area contributed by atoms with Crippen molar-refractivity contribution in [3.05, 3.63) is 33.8 Å². The van der Waals surface area contributed by atoms with Crippen molar-refractivity contribution in [3.63, 3.8) is 0 Å². The standard InChI is InChI=1S/C17H25Cl2N/c1-16(2)8-15(9-17(3,4)11-16)20-10-12-5-13(18)7-14(19)6-12/h5-7,15,20H,8-11H2,1-4H3. The fourth-order valence-electron chi connectivity index (χ4n) is 3.97. The van der Waals surface area contributed by atoms with Crippen molar-refractivity contribution in [2.45, 2.75) is 59.5 Å². The van der Waals surface area contributed by atoms with Crippen LogP contribution in [0.15, 0.2) is 18.2 Å². The quantitative estimate of drug-likeness (QED) is 0.756. The lowest BCUT2D eigenvalue weighted by Gasteiger charge is -2.45. The molecule has 1 nitrogen and oxygen atoms in total. The molecule has 2 rings (SSSR count). The molecule has 112 valence electrons. The topological polar surface area (TPSA) is 12.0 Å². The smallest absolute Gasteiger partial charge is 0.0424 e. The second-order valence-electron chi connectivity index (χ2n) is 7.77. The van der Waals surface area contributed by atoms with Crippen LogP contribution in [0.3, 0.4) is 0 Å². The van der Waals surface area contributed by atoms with Gasteiger partial charge in [0.2, 0.25) is 0 Å². The van der Waals surface area contributed by atoms with Crippen LogP contribution in [0, 0.1) is 10.8 Å². The number of nitrogens with one attached hydrogen (secondary N) is 1. The first-order chi connectivity index (χ1) is 9.15. The number of halogens is 2. The van der Waals surface area contributed by atoms with Gasteiger partial charge in [-0.05, 0) is 53.9 Å². The number of hydrogen-bond donors (Lipinski definition) is 1. The lowest BCUT2D eigenvalue weighted by Crippen LogP contribution is -2.43. The van der Waals surface area contributed by atoms with E-state index in [9.17, 15) is 0 Å². The lowest BCUT2D eigenvalue weighted by atomic mass is 9.63. The number of benzene rings is 1. The summed E-state index contributed by atoms with van der Waals surface area (Å²) in [5.74, 6) is 0. The lowest BCUT2D eigenvalue weighted by molar-refractivity contribution is 0.0845. The number of rotatable bonds is 3. The summed E-state index contributed by atoms with van der Waals surface area (Å²) in [7, 11) is 0. The second-order valence-corrected chi connectivity index (χ2v) is 8.64. The average molecular weight is 314 g/mol. The molecule has 1 saturated carbocycles. The molecule has 1 aromatic carbocycles. The minimum Gasteiger partial charge on any atom is -0.310 e. The summed E-state index contributed by atoms with van der Waals surface area (Å²) in [6.45, 7) is 10.3. The third-order valence-electron chi connectivity index (χ3n) is 4.07. The molecular formula is C17H25Cl2N. The summed E-state index contributed by atoms with van der Waals surface area (Å²) < 4.78 is 0. The van der Waals surface area contributed by atoms with Crippen molar-refractivity contribution in [2.75, 3.05) is 0 Å². The first kappa shape index (κ1) is 16.1. The van der Waals surface area contributed by atoms with E-state index in [0.717, 1.165) is 12.1 Å². The monoisotopic (exact) mass is 313 g/mol. The van der Waals surface area contributed by atoms with E-state index in [4.69, 9.17) is 23.2 Å². The Hall–Kier alpha value is -0.240. The SMILES string of the molecule is CC1(C)CC(NCc2cc(Cl)cc(Cl)c2)CC(C)(C)C1. The maximum Gasteiger partial charge on any atom is 0.0424 e. The molecular weight excluding hydrogens is 289 g/mol. The van der Waals surface area contributed by atoms with Crippen LogP contribution in [0.5, 0.6) is 0 Å². The highest BCUT2D eigenvalue weighted by Crippen LogP contribution is 2.45. The largest absolute Gasteiger partial charge is 0.310 e. The van der Waals surface area contributed by atoms with Gasteiger partial charge in [0.25, 0.3) is 0 Å². The van der Waals surface area contributed by atoms with Gasteiger partial charge in [0.15, 0.2) is 0 Å². The molecule has 1 aromatic rings. The fraction of sp³-hybridized carbons (Fsp3) is 0.647. The Morgan fingerprint density at radius 1 is 1.00 bits per heavy atom. The van der Waals surface area contributed by atoms with Crippen LogP contribution in [0.1, 0.15) is 52.5 Å². The van der Waals surface area contributed by atoms with E-state index in [1.165, 1.54) is 19.3 Å². The molecule has 0 radical (unpaired) electrons. The first-order valence-corrected chi connectivity index (χ1v) is 8.09. The van der Waals surface area contributed by atoms with Crippen molar-refractivity contribution in [1.82, 2.24) is 5.32 Å². The molecule has 0 atom stereocenters. The van der Waals surface area contributed by atoms with Gasteiger partial charge in [-0.25, -0.2) is 0 Å². The Morgan fingerprint density at radius 3 is 2.00 bits per heavy atom. The average Bonchev–Trinajstić information content (AvgIpc) is 2.20. The third kappa shape index (κ3) is 4.65. The summed E-state index contributed by atoms with van der Waals surface area (Å²) in [6.07, 6.45) is 3.75. The fourth-order valence-corrected chi connectivity index (χ4v) is 4.54. The van der Waals surface area contributed by atoms with Gasteiger partial charge in [-0.3, -0.25) is 0 Å². The van der Waals surface area contributed by atoms with Gasteiger partial charge >= 0.3 is 0 Å². The van der Waals surface area contributed by atoms with Crippen LogP contribution < -0.4 is 5.32 Å². The summed E-state index contributed by atoms with van der Waals surface area (Å²) in [5.41, 5.74) is 1.97. The van der Waals surface area contributed by atoms with Gasteiger partial charge in [-0.1, -0.05) is 50.9 Å². The van der Waals surface area contributed by atoms with Crippen molar-refractivity contribution in [3.8, 4) is 0 Å². The van der Waals surface area contributed by atoms with E-state index in [0.29, 0.717) is 26.9 Å². The van der Waals surface area contributed by atoms with Gasteiger partial charge < -0.3 is 5.32 Å². The first-order valence-electron chi connectivity index (χ1n) is 7.34. The van der Waals surface area contributed by atoms with Crippen molar-refractivity contribution in [1.29, 1.82) is 0 Å². The van der Waals surface area contributed by atoms with Crippen LogP contribution in [-0.4, -0.2) is 6.04 Å². The third-order valence-corrected chi connectivity index (χ3v) is 4.51. The van der Waals surface area contributed by atoms with E-state index in [2.05, 4.69) is 33.0 Å². The molecule has 0 unspecified atom stereocenters. The Kier molecular flexibility index (Phi) is 4.73. The molecule has 20 heavy (non-hydrogen) atoms. The molecule has 0 heterocycles. The number of hydrogen-bond acceptors (Lipinski definition) is 1. The highest BCUT2D eigenvalue weighted by molar-refractivity contribution is 6.34. The van der Waals surface area contributed by atoms with E-state index >= 15 is 0 Å². The maximum atomic E-state index is 6.05. The van der Waals surface area contributed by atoms with Gasteiger partial charge in [0.1, 0.15) is 0 Å². The summed E-state index contributed by atoms with van der Waals surface area (Å²) in [4.78, 5) is 0. The molecule has 1 fully saturated rings. The Labute approximate surface area is 133 Å². The van der Waals surface area contributed by atoms with Crippen LogP contribution >= 0.6 is 23.2 Å². The van der Waals surface area contributed by atoms with Gasteiger partial charge in [0.05, 0.1) is 0 Å². The molecule has 0 spiro atoms. The second kappa shape index (κ2) is 5.87. The molecule has 0 aliphatic heterocycles. The van der Waals surface area contributed by atoms with Crippen LogP contribution in [0.4, 0.5) is 0 Å². The van der Waals surface area contributed by atoms with E-state index in [-0.39, 0.29) is 0 Å². The van der Waals surface area contributed by atoms with Gasteiger partial charge in [-0.15, -0.1) is 0 Å². The normalized spacial score (nSPS) is 21.9. The predicted molar refractivity (Wildman–Crippen MR) is 88.5 cm³/mol. The predicted octanol–water partition coefficient (Wildman–Crippen LogP) is 5.69. The van der Waals surface area contributed by atoms with Crippen molar-refractivity contribution >= 4 is 23.2 Å². The zero-order valence-electron chi connectivity index (χ0n) is 12.9. The molecule has 0 amide bonds. The van der Waals surface area contributed by atoms with E-state index < -0.39 is 0 Å². The molecule has 1 N–H and O–H groups in total. The Bertz CT molecular complexity index is 444. The Morgan fingerprint density at radius 2 is 1.50 bits per heavy atom. The highest BCUT2D eigenvalue weighted by Gasteiger charge is 2.38. The Balaban J connectivity index is 1.99.